The third-order valence-electron chi connectivity index (χ3n) is 25.7. The molecule has 0 radical (unpaired) electrons. The van der Waals surface area contributed by atoms with Crippen LogP contribution in [0.3, 0.4) is 0 Å². The van der Waals surface area contributed by atoms with Crippen molar-refractivity contribution in [3.63, 3.8) is 0 Å². The van der Waals surface area contributed by atoms with Crippen LogP contribution in [0, 0.1) is 32.6 Å². The van der Waals surface area contributed by atoms with Gasteiger partial charge in [0.05, 0.1) is 0 Å². The van der Waals surface area contributed by atoms with Gasteiger partial charge in [-0.1, -0.05) is 171 Å². The van der Waals surface area contributed by atoms with Gasteiger partial charge in [-0.05, 0) is 127 Å². The molecule has 20 aliphatic rings. The first kappa shape index (κ1) is 138. The molecular weight excluding hydrogens is 1990 g/mol. The van der Waals surface area contributed by atoms with Gasteiger partial charge in [-0.3, -0.25) is 44.9 Å². The first-order chi connectivity index (χ1) is 68.2. The average molecular weight is 2190 g/mol. The molecule has 144 heavy (non-hydrogen) atoms. The van der Waals surface area contributed by atoms with Gasteiger partial charge in [-0.15, -0.1) is 36.4 Å². The van der Waals surface area contributed by atoms with Gasteiger partial charge in [-0.25, -0.2) is 0 Å². The van der Waals surface area contributed by atoms with Crippen LogP contribution in [-0.2, 0) is 12.3 Å². The van der Waals surface area contributed by atoms with Gasteiger partial charge in [0.25, 0.3) is 0 Å². The summed E-state index contributed by atoms with van der Waals surface area (Å²) in [6.45, 7) is 64.7. The first-order valence-electron chi connectivity index (χ1n) is 54.8. The van der Waals surface area contributed by atoms with Crippen LogP contribution in [0.25, 0.3) is 0 Å². The van der Waals surface area contributed by atoms with Gasteiger partial charge in [0.1, 0.15) is 0 Å². The van der Waals surface area contributed by atoms with Crippen molar-refractivity contribution in [2.75, 3.05) is 236 Å². The minimum Gasteiger partial charge on any atom is 1.00 e. The summed E-state index contributed by atoms with van der Waals surface area (Å²) < 4.78 is 0. The van der Waals surface area contributed by atoms with E-state index >= 15 is 0 Å². The Bertz CT molecular complexity index is 3260. The molecule has 3 aromatic carbocycles. The molecule has 27 nitrogen and oxygen atoms in total. The molecule has 802 valence electrons. The number of benzene rings is 3. The summed E-state index contributed by atoms with van der Waals surface area (Å²) in [5.74, 6) is 12.5. The Morgan fingerprint density at radius 2 is 0.382 bits per heavy atom. The van der Waals surface area contributed by atoms with Crippen molar-refractivity contribution in [2.45, 2.75) is 268 Å². The number of nitrogens with one attached hydrogen (secondary N) is 9. The van der Waals surface area contributed by atoms with Crippen LogP contribution >= 0.6 is 37.2 Å². The molecule has 0 spiro atoms. The summed E-state index contributed by atoms with van der Waals surface area (Å²) in [6.07, 6.45) is 44.5. The number of fused-ring (bicyclic) bond motifs is 9. The maximum atomic E-state index is 5.01. The van der Waals surface area contributed by atoms with E-state index in [1.54, 1.807) is 0 Å². The van der Waals surface area contributed by atoms with Crippen molar-refractivity contribution in [2.24, 2.45) is 56.8 Å². The van der Waals surface area contributed by atoms with E-state index in [0.717, 1.165) is 200 Å². The van der Waals surface area contributed by atoms with Crippen molar-refractivity contribution in [3.05, 3.63) is 128 Å². The van der Waals surface area contributed by atoms with Gasteiger partial charge in [0.2, 0.25) is 0 Å². The van der Waals surface area contributed by atoms with Crippen LogP contribution in [0.15, 0.2) is 136 Å². The molecule has 0 bridgehead atoms. The number of unbranched alkanes of at least 4 members (excludes halogenated alkanes) is 2. The Balaban J connectivity index is 0.000000520. The van der Waals surface area contributed by atoms with Crippen LogP contribution in [0.5, 0.6) is 0 Å². The molecule has 18 aliphatic heterocycles. The summed E-state index contributed by atoms with van der Waals surface area (Å²) in [7, 11) is 20.1. The smallest absolute Gasteiger partial charge is 1.00 e. The number of guanidine groups is 9. The number of hydrogen-bond donors (Lipinski definition) is 9. The van der Waals surface area contributed by atoms with Crippen molar-refractivity contribution in [1.29, 1.82) is 0 Å². The zero-order chi connectivity index (χ0) is 98.9. The van der Waals surface area contributed by atoms with Gasteiger partial charge in [0.15, 0.2) is 53.6 Å². The Morgan fingerprint density at radius 3 is 0.493 bits per heavy atom. The van der Waals surface area contributed by atoms with Crippen LogP contribution < -0.4 is 202 Å². The van der Waals surface area contributed by atoms with Crippen LogP contribution in [0.4, 0.5) is 0 Å². The Hall–Kier alpha value is -2.52. The van der Waals surface area contributed by atoms with Crippen LogP contribution in [-0.4, -0.2) is 333 Å². The second kappa shape index (κ2) is 89.8. The van der Waals surface area contributed by atoms with Crippen molar-refractivity contribution >= 4 is 90.9 Å². The quantitative estimate of drug-likeness (QED) is 0.0822. The van der Waals surface area contributed by atoms with E-state index in [1.165, 1.54) is 330 Å². The molecule has 9 N–H and O–H groups in total. The van der Waals surface area contributed by atoms with Gasteiger partial charge in [0, 0.05) is 236 Å². The van der Waals surface area contributed by atoms with Gasteiger partial charge < -0.3 is 92.0 Å². The molecule has 3 aromatic rings. The standard InChI is InChI=1S/2C9H18.9C7H13N3.3C7H7.C3H8.C2H6.2CH4.4ClH.3K.Ti/c2*1-2-3-6-9-7-4-5-8-9;9*1-3-8-7-9-4-2-6-10(7)5-1;3*1-7-5-3-2-4-6-7;1-3-2;1-2;;;;;;;;;;/h2*9H,2-8H2,1H3;9*1-6H2,(H,8,9);3*2-6H,1H2;3H2,1-2H3;1-2H3;2*1H4;4*1H;;;;/q;;;;;;;;;;;3*-1;;;;;;;;;3*+1;+4/p-4. The predicted octanol–water partition coefficient (Wildman–Crippen LogP) is 10.2. The Kier molecular flexibility index (Phi) is 85.7. The first-order valence-corrected chi connectivity index (χ1v) is 63.4. The number of hydrogen-bond acceptors (Lipinski definition) is 27. The molecule has 0 atom stereocenters. The van der Waals surface area contributed by atoms with E-state index in [2.05, 4.69) is 185 Å². The van der Waals surface area contributed by atoms with E-state index < -0.39 is 12.3 Å². The Morgan fingerprint density at radius 1 is 0.250 bits per heavy atom. The van der Waals surface area contributed by atoms with Gasteiger partial charge >= 0.3 is 204 Å². The minimum atomic E-state index is -3.11. The normalized spacial score (nSPS) is 20.0. The maximum absolute atomic E-state index is 5.01. The summed E-state index contributed by atoms with van der Waals surface area (Å²) in [5.41, 5.74) is 3.22. The second-order valence-electron chi connectivity index (χ2n) is 37.6. The predicted molar refractivity (Wildman–Crippen MR) is 610 cm³/mol. The SMILES string of the molecule is C.C.C1CN=C2NCCCN2C1.C1CN=C2NCCCN2C1.C1CN=C2NCCCN2C1.C1CN=C2NCCCN2C1.C1CN=C2NCCCN2C1.C1CN=C2NCCCN2C1.C1CN=C2NCCCN2C1.C1CN=C2NCCCN2C1.C1CN=C2NCCCN2C1.CC.CCC.CCCCC1CCCC1.CCCCC1CCCC1.[CH2-]c1ccccc1.[CH2-]c1ccccc1.[CH2-]c1ccccc1.[Cl][Ti]([Cl])([Cl])[Cl].[K+].[K+].[K+]. The molecule has 11 fully saturated rings. The average Bonchev–Trinajstić information content (AvgIpc) is 1.40. The molecule has 35 heteroatoms. The second-order valence-corrected chi connectivity index (χ2v) is 53.1. The molecule has 2 aliphatic carbocycles. The topological polar surface area (TPSA) is 249 Å². The minimum absolute atomic E-state index is 0. The largest absolute Gasteiger partial charge is 1.00 e. The fraction of sp³-hybridized carbons (Fsp3) is 0.725. The molecule has 9 saturated heterocycles. The van der Waals surface area contributed by atoms with E-state index in [9.17, 15) is 0 Å². The molecule has 0 amide bonds. The van der Waals surface area contributed by atoms with Crippen LogP contribution in [0.2, 0.25) is 0 Å². The molecule has 2 saturated carbocycles. The third kappa shape index (κ3) is 63.4. The van der Waals surface area contributed by atoms with Crippen molar-refractivity contribution in [3.8, 4) is 0 Å². The number of aliphatic imine (C=N–C) groups is 9. The maximum Gasteiger partial charge on any atom is 1.00 e. The number of nitrogens with zero attached hydrogens (tertiary/aromatic N) is 18. The molecular formula is C109H196Cl4K3N27Ti. The third-order valence-corrected chi connectivity index (χ3v) is 25.7. The summed E-state index contributed by atoms with van der Waals surface area (Å²) in [4.78, 5) is 60.5. The van der Waals surface area contributed by atoms with E-state index in [-0.39, 0.29) is 169 Å². The van der Waals surface area contributed by atoms with E-state index in [4.69, 9.17) is 37.2 Å². The summed E-state index contributed by atoms with van der Waals surface area (Å²) in [6, 6.07) is 29.6. The van der Waals surface area contributed by atoms with Crippen molar-refractivity contribution in [1.82, 2.24) is 92.0 Å². The fourth-order valence-corrected chi connectivity index (χ4v) is 18.6. The number of rotatable bonds is 6. The molecule has 18 heterocycles. The van der Waals surface area contributed by atoms with Crippen molar-refractivity contribution < 1.29 is 166 Å². The van der Waals surface area contributed by atoms with E-state index in [1.807, 2.05) is 105 Å². The summed E-state index contributed by atoms with van der Waals surface area (Å²) >= 11 is -3.11. The zero-order valence-corrected chi connectivity index (χ0v) is 104. The Labute approximate surface area is 1020 Å². The molecule has 0 unspecified atom stereocenters. The van der Waals surface area contributed by atoms with Crippen LogP contribution in [0.1, 0.15) is 285 Å². The fourth-order valence-electron chi connectivity index (χ4n) is 18.6. The number of halogens is 4. The zero-order valence-electron chi connectivity index (χ0n) is 90.3. The van der Waals surface area contributed by atoms with Gasteiger partial charge in [-0.2, -0.15) is 73.9 Å². The molecule has 23 rings (SSSR count). The van der Waals surface area contributed by atoms with E-state index in [0.29, 0.717) is 0 Å². The summed E-state index contributed by atoms with van der Waals surface area (Å²) in [5, 5.41) is 29.7. The molecule has 0 aromatic heterocycles. The monoisotopic (exact) mass is 2190 g/mol.